The molecule has 2 aromatic heterocycles. The van der Waals surface area contributed by atoms with Gasteiger partial charge in [0.05, 0.1) is 37.3 Å². The van der Waals surface area contributed by atoms with E-state index in [2.05, 4.69) is 55.7 Å². The minimum absolute atomic E-state index is 0.0948. The van der Waals surface area contributed by atoms with Gasteiger partial charge in [-0.25, -0.2) is 0 Å². The van der Waals surface area contributed by atoms with Gasteiger partial charge in [-0.1, -0.05) is 12.2 Å². The highest BCUT2D eigenvalue weighted by atomic mass is 16.5. The van der Waals surface area contributed by atoms with Crippen molar-refractivity contribution in [2.75, 3.05) is 51.0 Å². The predicted molar refractivity (Wildman–Crippen MR) is 214 cm³/mol. The molecule has 10 atom stereocenters. The molecule has 11 rings (SSSR count). The van der Waals surface area contributed by atoms with Crippen LogP contribution in [0.1, 0.15) is 48.9 Å². The Kier molecular flexibility index (Phi) is 8.98. The van der Waals surface area contributed by atoms with Crippen LogP contribution in [0.2, 0.25) is 0 Å². The maximum absolute atomic E-state index is 13.8. The van der Waals surface area contributed by atoms with Gasteiger partial charge in [-0.15, -0.1) is 13.2 Å². The van der Waals surface area contributed by atoms with Gasteiger partial charge in [0.15, 0.2) is 0 Å². The first-order chi connectivity index (χ1) is 26.4. The fraction of sp³-hybridized carbons (Fsp3) is 0.409. The largest absolute Gasteiger partial charge is 0.497 e. The van der Waals surface area contributed by atoms with Gasteiger partial charge < -0.3 is 20.1 Å². The van der Waals surface area contributed by atoms with Crippen molar-refractivity contribution in [1.82, 2.24) is 19.8 Å². The Morgan fingerprint density at radius 2 is 1.15 bits per heavy atom. The Balaban J connectivity index is 1.14. The fourth-order valence-electron chi connectivity index (χ4n) is 10.3. The summed E-state index contributed by atoms with van der Waals surface area (Å²) in [6, 6.07) is 15.6. The predicted octanol–water partition coefficient (Wildman–Crippen LogP) is 6.50. The zero-order valence-electron chi connectivity index (χ0n) is 31.0. The Morgan fingerprint density at radius 1 is 0.704 bits per heavy atom. The second kappa shape index (κ2) is 14.0. The van der Waals surface area contributed by atoms with Gasteiger partial charge in [0.25, 0.3) is 10.9 Å². The van der Waals surface area contributed by atoms with Crippen LogP contribution < -0.4 is 31.0 Å². The van der Waals surface area contributed by atoms with Gasteiger partial charge in [0.1, 0.15) is 22.9 Å². The van der Waals surface area contributed by atoms with Crippen molar-refractivity contribution in [2.45, 2.75) is 49.9 Å². The number of nitrogens with one attached hydrogen (secondary N) is 2. The summed E-state index contributed by atoms with van der Waals surface area (Å²) in [5.74, 6) is 3.36. The van der Waals surface area contributed by atoms with Crippen LogP contribution >= 0.6 is 0 Å². The lowest BCUT2D eigenvalue weighted by Gasteiger charge is -2.52. The van der Waals surface area contributed by atoms with Gasteiger partial charge in [0, 0.05) is 48.3 Å². The summed E-state index contributed by atoms with van der Waals surface area (Å²) in [5, 5.41) is 9.39. The van der Waals surface area contributed by atoms with Crippen LogP contribution in [0.4, 0.5) is 11.4 Å². The third-order valence-electron chi connectivity index (χ3n) is 13.2. The van der Waals surface area contributed by atoms with E-state index in [1.54, 1.807) is 14.2 Å². The number of piperidine rings is 6. The number of hydrogen-bond acceptors (Lipinski definition) is 10. The van der Waals surface area contributed by atoms with Crippen molar-refractivity contribution >= 4 is 33.2 Å². The zero-order chi connectivity index (χ0) is 37.1. The van der Waals surface area contributed by atoms with E-state index in [9.17, 15) is 9.59 Å². The lowest BCUT2D eigenvalue weighted by atomic mass is 9.72. The maximum Gasteiger partial charge on any atom is 0.253 e. The third-order valence-corrected chi connectivity index (χ3v) is 13.2. The molecule has 0 aliphatic carbocycles. The third kappa shape index (κ3) is 5.78. The SMILES string of the molecule is C=C[C@H]1CN2CC[C@H]1C[C@@H]2[C@@H](Nc1c(N[C@@H](c2ccnc3ccc(OC)cc23)[C@H]2C[C@@H]3CCN2C[C@@H]3C=C)c(=O)c1=O)c1ccnc2ccc(OC)cc12. The van der Waals surface area contributed by atoms with Crippen molar-refractivity contribution in [2.24, 2.45) is 23.7 Å². The number of pyridine rings is 2. The summed E-state index contributed by atoms with van der Waals surface area (Å²) in [4.78, 5) is 42.1. The quantitative estimate of drug-likeness (QED) is 0.109. The second-order valence-corrected chi connectivity index (χ2v) is 15.7. The lowest BCUT2D eigenvalue weighted by Crippen LogP contribution is -2.57. The summed E-state index contributed by atoms with van der Waals surface area (Å²) in [6.45, 7) is 12.1. The van der Waals surface area contributed by atoms with Crippen LogP contribution in [0.5, 0.6) is 11.5 Å². The number of hydrogen-bond donors (Lipinski definition) is 2. The Labute approximate surface area is 315 Å². The van der Waals surface area contributed by atoms with Crippen molar-refractivity contribution in [3.05, 3.63) is 118 Å². The summed E-state index contributed by atoms with van der Waals surface area (Å²) in [5.41, 5.74) is 3.47. The molecule has 0 saturated carbocycles. The molecular formula is C44H48N6O4. The maximum atomic E-state index is 13.8. The number of aromatic nitrogens is 2. The number of rotatable bonds is 12. The minimum atomic E-state index is -0.490. The highest BCUT2D eigenvalue weighted by molar-refractivity contribution is 5.86. The summed E-state index contributed by atoms with van der Waals surface area (Å²) in [6.07, 6.45) is 12.0. The van der Waals surface area contributed by atoms with Crippen LogP contribution in [-0.4, -0.2) is 72.3 Å². The fourth-order valence-corrected chi connectivity index (χ4v) is 10.3. The van der Waals surface area contributed by atoms with Gasteiger partial charge in [-0.3, -0.25) is 29.4 Å². The molecule has 4 bridgehead atoms. The van der Waals surface area contributed by atoms with Gasteiger partial charge in [-0.05, 0) is 122 Å². The minimum Gasteiger partial charge on any atom is -0.497 e. The van der Waals surface area contributed by atoms with Crippen LogP contribution in [0.3, 0.4) is 0 Å². The number of benzene rings is 2. The van der Waals surface area contributed by atoms with Crippen LogP contribution in [-0.2, 0) is 0 Å². The Morgan fingerprint density at radius 3 is 1.52 bits per heavy atom. The smallest absolute Gasteiger partial charge is 0.253 e. The van der Waals surface area contributed by atoms with Crippen LogP contribution in [0.25, 0.3) is 21.8 Å². The van der Waals surface area contributed by atoms with Gasteiger partial charge in [-0.2, -0.15) is 0 Å². The van der Waals surface area contributed by atoms with Gasteiger partial charge in [0.2, 0.25) is 0 Å². The van der Waals surface area contributed by atoms with Crippen LogP contribution in [0, 0.1) is 23.7 Å². The van der Waals surface area contributed by atoms with Crippen LogP contribution in [0.15, 0.2) is 95.8 Å². The summed E-state index contributed by atoms with van der Waals surface area (Å²) in [7, 11) is 3.33. The molecule has 8 heterocycles. The highest BCUT2D eigenvalue weighted by Crippen LogP contribution is 2.46. The molecule has 0 radical (unpaired) electrons. The zero-order valence-corrected chi connectivity index (χ0v) is 31.0. The van der Waals surface area contributed by atoms with Crippen molar-refractivity contribution in [3.8, 4) is 11.5 Å². The van der Waals surface area contributed by atoms with E-state index in [-0.39, 0.29) is 24.2 Å². The Hall–Kier alpha value is -5.06. The Bertz CT molecular complexity index is 2160. The molecule has 6 saturated heterocycles. The molecule has 6 aliphatic rings. The molecule has 0 amide bonds. The molecule has 278 valence electrons. The number of methoxy groups -OCH3 is 2. The molecule has 54 heavy (non-hydrogen) atoms. The first-order valence-corrected chi connectivity index (χ1v) is 19.3. The normalized spacial score (nSPS) is 28.5. The average molecular weight is 725 g/mol. The average Bonchev–Trinajstić information content (AvgIpc) is 3.24. The van der Waals surface area contributed by atoms with Crippen molar-refractivity contribution in [3.63, 3.8) is 0 Å². The lowest BCUT2D eigenvalue weighted by molar-refractivity contribution is 0.0102. The topological polar surface area (TPSA) is 109 Å². The number of fused-ring (bicyclic) bond motifs is 8. The molecule has 6 fully saturated rings. The molecule has 5 aromatic rings. The van der Waals surface area contributed by atoms with E-state index in [4.69, 9.17) is 9.47 Å². The van der Waals surface area contributed by atoms with Crippen molar-refractivity contribution in [1.29, 1.82) is 0 Å². The van der Waals surface area contributed by atoms with E-state index in [0.717, 1.165) is 96.3 Å². The van der Waals surface area contributed by atoms with E-state index >= 15 is 0 Å². The number of ether oxygens (including phenoxy) is 2. The number of anilines is 2. The molecule has 2 N–H and O–H groups in total. The standard InChI is InChI=1S/C44H48N6O4/c1-5-25-23-49-17-13-27(25)19-37(49)39(31-11-15-45-35-9-7-29(53-3)21-33(31)35)47-41-42(44(52)43(41)51)48-40(38-20-28-14-18-50(38)24-26(28)6-2)32-12-16-46-36-10-8-30(54-4)22-34(32)36/h5-12,15-16,21-22,25-28,37-40,47-48H,1-2,13-14,17-20,23-24H2,3-4H3/t25-,26-,27-,28-,37+,38+,39-,40-/m0/s1. The van der Waals surface area contributed by atoms with E-state index < -0.39 is 10.9 Å². The highest BCUT2D eigenvalue weighted by Gasteiger charge is 2.46. The van der Waals surface area contributed by atoms with Gasteiger partial charge >= 0.3 is 0 Å². The molecule has 3 aromatic carbocycles. The van der Waals surface area contributed by atoms with E-state index in [1.165, 1.54) is 0 Å². The van der Waals surface area contributed by atoms with Crippen molar-refractivity contribution < 1.29 is 9.47 Å². The molecule has 10 heteroatoms. The number of nitrogens with zero attached hydrogens (tertiary/aromatic N) is 4. The first kappa shape index (κ1) is 34.7. The molecule has 10 nitrogen and oxygen atoms in total. The molecule has 2 unspecified atom stereocenters. The molecular weight excluding hydrogens is 677 g/mol. The summed E-state index contributed by atoms with van der Waals surface area (Å²) >= 11 is 0. The van der Waals surface area contributed by atoms with E-state index in [1.807, 2.05) is 60.9 Å². The molecule has 0 spiro atoms. The first-order valence-electron chi connectivity index (χ1n) is 19.3. The molecule has 6 aliphatic heterocycles. The summed E-state index contributed by atoms with van der Waals surface area (Å²) < 4.78 is 11.3. The van der Waals surface area contributed by atoms with E-state index in [0.29, 0.717) is 35.0 Å². The second-order valence-electron chi connectivity index (χ2n) is 15.7. The monoisotopic (exact) mass is 724 g/mol.